The van der Waals surface area contributed by atoms with E-state index in [0.29, 0.717) is 12.5 Å². The molecule has 122 valence electrons. The van der Waals surface area contributed by atoms with Crippen LogP contribution < -0.4 is 0 Å². The fourth-order valence-electron chi connectivity index (χ4n) is 3.30. The number of likely N-dealkylation sites (tertiary alicyclic amines) is 1. The number of methoxy groups -OCH3 is 1. The Balaban J connectivity index is 1.55. The second kappa shape index (κ2) is 8.18. The largest absolute Gasteiger partial charge is 0.377 e. The molecule has 4 heteroatoms. The summed E-state index contributed by atoms with van der Waals surface area (Å²) in [6.45, 7) is 3.71. The molecule has 1 fully saturated rings. The van der Waals surface area contributed by atoms with Crippen molar-refractivity contribution in [1.82, 2.24) is 14.9 Å². The van der Waals surface area contributed by atoms with Crippen molar-refractivity contribution in [2.75, 3.05) is 20.2 Å². The van der Waals surface area contributed by atoms with Gasteiger partial charge in [-0.25, -0.2) is 9.97 Å². The molecule has 1 atom stereocenters. The molecule has 1 aliphatic heterocycles. The summed E-state index contributed by atoms with van der Waals surface area (Å²) in [6, 6.07) is 10.9. The third-order valence-electron chi connectivity index (χ3n) is 4.53. The van der Waals surface area contributed by atoms with Gasteiger partial charge in [0.15, 0.2) is 5.82 Å². The molecule has 3 rings (SSSR count). The van der Waals surface area contributed by atoms with Gasteiger partial charge in [-0.2, -0.15) is 0 Å². The molecule has 0 radical (unpaired) electrons. The predicted molar refractivity (Wildman–Crippen MR) is 91.1 cm³/mol. The Morgan fingerprint density at radius 2 is 1.87 bits per heavy atom. The minimum atomic E-state index is 0.475. The van der Waals surface area contributed by atoms with E-state index in [-0.39, 0.29) is 0 Å². The quantitative estimate of drug-likeness (QED) is 0.848. The van der Waals surface area contributed by atoms with Gasteiger partial charge in [-0.15, -0.1) is 0 Å². The Kier molecular flexibility index (Phi) is 5.72. The molecule has 1 unspecified atom stereocenters. The first-order valence-electron chi connectivity index (χ1n) is 8.41. The molecule has 0 aliphatic carbocycles. The third kappa shape index (κ3) is 4.60. The second-order valence-electron chi connectivity index (χ2n) is 6.26. The van der Waals surface area contributed by atoms with Crippen LogP contribution in [0.4, 0.5) is 0 Å². The monoisotopic (exact) mass is 311 g/mol. The van der Waals surface area contributed by atoms with Crippen molar-refractivity contribution in [1.29, 1.82) is 0 Å². The summed E-state index contributed by atoms with van der Waals surface area (Å²) >= 11 is 0. The number of nitrogens with zero attached hydrogens (tertiary/aromatic N) is 3. The Morgan fingerprint density at radius 1 is 1.09 bits per heavy atom. The molecular weight excluding hydrogens is 286 g/mol. The molecule has 1 aromatic carbocycles. The van der Waals surface area contributed by atoms with Crippen molar-refractivity contribution in [2.24, 2.45) is 0 Å². The van der Waals surface area contributed by atoms with Crippen LogP contribution in [-0.4, -0.2) is 35.1 Å². The Labute approximate surface area is 138 Å². The molecule has 1 saturated heterocycles. The molecular formula is C19H25N3O. The topological polar surface area (TPSA) is 38.2 Å². The van der Waals surface area contributed by atoms with E-state index in [1.165, 1.54) is 30.4 Å². The van der Waals surface area contributed by atoms with Crippen molar-refractivity contribution in [3.05, 3.63) is 59.7 Å². The summed E-state index contributed by atoms with van der Waals surface area (Å²) < 4.78 is 5.05. The van der Waals surface area contributed by atoms with E-state index in [2.05, 4.69) is 45.2 Å². The Bertz CT molecular complexity index is 585. The van der Waals surface area contributed by atoms with E-state index in [0.717, 1.165) is 25.5 Å². The van der Waals surface area contributed by atoms with Gasteiger partial charge >= 0.3 is 0 Å². The smallest absolute Gasteiger partial charge is 0.153 e. The summed E-state index contributed by atoms with van der Waals surface area (Å²) in [4.78, 5) is 11.2. The zero-order chi connectivity index (χ0) is 15.9. The number of ether oxygens (including phenoxy) is 1. The van der Waals surface area contributed by atoms with E-state index in [1.807, 2.05) is 12.4 Å². The SMILES string of the molecule is COCc1ncc(CN2CCCC(c3ccccc3)CC2)cn1. The molecule has 0 spiro atoms. The second-order valence-corrected chi connectivity index (χ2v) is 6.26. The van der Waals surface area contributed by atoms with Gasteiger partial charge in [0.25, 0.3) is 0 Å². The first kappa shape index (κ1) is 16.1. The molecule has 23 heavy (non-hydrogen) atoms. The minimum absolute atomic E-state index is 0.475. The van der Waals surface area contributed by atoms with E-state index < -0.39 is 0 Å². The molecule has 2 aromatic rings. The average molecular weight is 311 g/mol. The lowest BCUT2D eigenvalue weighted by Gasteiger charge is -2.20. The first-order chi connectivity index (χ1) is 11.3. The van der Waals surface area contributed by atoms with Crippen LogP contribution >= 0.6 is 0 Å². The fraction of sp³-hybridized carbons (Fsp3) is 0.474. The zero-order valence-corrected chi connectivity index (χ0v) is 13.8. The molecule has 0 bridgehead atoms. The standard InChI is InChI=1S/C19H25N3O/c1-23-15-19-20-12-16(13-21-19)14-22-10-5-8-18(9-11-22)17-6-3-2-4-7-17/h2-4,6-7,12-13,18H,5,8-11,14-15H2,1H3. The Hall–Kier alpha value is -1.78. The maximum atomic E-state index is 5.05. The number of hydrogen-bond acceptors (Lipinski definition) is 4. The lowest BCUT2D eigenvalue weighted by atomic mass is 9.92. The molecule has 2 heterocycles. The van der Waals surface area contributed by atoms with Crippen molar-refractivity contribution < 1.29 is 4.74 Å². The summed E-state index contributed by atoms with van der Waals surface area (Å²) in [5.41, 5.74) is 2.67. The van der Waals surface area contributed by atoms with Gasteiger partial charge in [0.05, 0.1) is 0 Å². The Morgan fingerprint density at radius 3 is 2.61 bits per heavy atom. The number of aromatic nitrogens is 2. The molecule has 0 amide bonds. The van der Waals surface area contributed by atoms with Gasteiger partial charge in [0, 0.05) is 31.6 Å². The normalized spacial score (nSPS) is 19.4. The molecule has 4 nitrogen and oxygen atoms in total. The molecule has 1 aliphatic rings. The first-order valence-corrected chi connectivity index (χ1v) is 8.41. The van der Waals surface area contributed by atoms with E-state index in [1.54, 1.807) is 7.11 Å². The van der Waals surface area contributed by atoms with Gasteiger partial charge in [-0.3, -0.25) is 4.90 Å². The summed E-state index contributed by atoms with van der Waals surface area (Å²) in [7, 11) is 1.66. The van der Waals surface area contributed by atoms with Crippen LogP contribution in [0, 0.1) is 0 Å². The van der Waals surface area contributed by atoms with Crippen molar-refractivity contribution in [3.63, 3.8) is 0 Å². The van der Waals surface area contributed by atoms with Crippen LogP contribution in [-0.2, 0) is 17.9 Å². The van der Waals surface area contributed by atoms with Gasteiger partial charge in [-0.05, 0) is 43.8 Å². The maximum Gasteiger partial charge on any atom is 0.153 e. The fourth-order valence-corrected chi connectivity index (χ4v) is 3.30. The zero-order valence-electron chi connectivity index (χ0n) is 13.8. The lowest BCUT2D eigenvalue weighted by Crippen LogP contribution is -2.24. The van der Waals surface area contributed by atoms with Crippen LogP contribution in [0.5, 0.6) is 0 Å². The summed E-state index contributed by atoms with van der Waals surface area (Å²) in [5.74, 6) is 1.44. The number of benzene rings is 1. The number of hydrogen-bond donors (Lipinski definition) is 0. The molecule has 0 saturated carbocycles. The van der Waals surface area contributed by atoms with E-state index >= 15 is 0 Å². The van der Waals surface area contributed by atoms with Crippen LogP contribution in [0.1, 0.15) is 42.1 Å². The van der Waals surface area contributed by atoms with Crippen molar-refractivity contribution in [2.45, 2.75) is 38.3 Å². The summed E-state index contributed by atoms with van der Waals surface area (Å²) in [6.07, 6.45) is 7.63. The van der Waals surface area contributed by atoms with Gasteiger partial charge in [-0.1, -0.05) is 30.3 Å². The highest BCUT2D eigenvalue weighted by Crippen LogP contribution is 2.28. The van der Waals surface area contributed by atoms with E-state index in [9.17, 15) is 0 Å². The van der Waals surface area contributed by atoms with Crippen LogP contribution in [0.2, 0.25) is 0 Å². The summed E-state index contributed by atoms with van der Waals surface area (Å²) in [5, 5.41) is 0. The molecule has 1 aromatic heterocycles. The average Bonchev–Trinajstić information content (AvgIpc) is 2.83. The van der Waals surface area contributed by atoms with Crippen molar-refractivity contribution in [3.8, 4) is 0 Å². The van der Waals surface area contributed by atoms with Gasteiger partial charge < -0.3 is 4.74 Å². The maximum absolute atomic E-state index is 5.05. The van der Waals surface area contributed by atoms with Gasteiger partial charge in [0.2, 0.25) is 0 Å². The minimum Gasteiger partial charge on any atom is -0.377 e. The predicted octanol–water partition coefficient (Wildman–Crippen LogP) is 3.39. The van der Waals surface area contributed by atoms with Crippen LogP contribution in [0.15, 0.2) is 42.7 Å². The molecule has 0 N–H and O–H groups in total. The highest BCUT2D eigenvalue weighted by Gasteiger charge is 2.18. The highest BCUT2D eigenvalue weighted by atomic mass is 16.5. The van der Waals surface area contributed by atoms with Gasteiger partial charge in [0.1, 0.15) is 6.61 Å². The highest BCUT2D eigenvalue weighted by molar-refractivity contribution is 5.19. The van der Waals surface area contributed by atoms with Crippen LogP contribution in [0.3, 0.4) is 0 Å². The lowest BCUT2D eigenvalue weighted by molar-refractivity contribution is 0.177. The number of rotatable bonds is 5. The van der Waals surface area contributed by atoms with Crippen molar-refractivity contribution >= 4 is 0 Å². The van der Waals surface area contributed by atoms with E-state index in [4.69, 9.17) is 4.74 Å². The van der Waals surface area contributed by atoms with Crippen LogP contribution in [0.25, 0.3) is 0 Å². The third-order valence-corrected chi connectivity index (χ3v) is 4.53.